The molecular weight excluding hydrogens is 945 g/mol. The normalized spacial score (nSPS) is 10.8. The first kappa shape index (κ1) is 46.5. The molecule has 0 atom stereocenters. The van der Waals surface area contributed by atoms with Gasteiger partial charge < -0.3 is 4.57 Å². The van der Waals surface area contributed by atoms with Crippen LogP contribution in [0.4, 0.5) is 0 Å². The van der Waals surface area contributed by atoms with E-state index in [4.69, 9.17) is 19.9 Å². The molecule has 0 aliphatic rings. The first-order valence-electron chi connectivity index (χ1n) is 24.5. The summed E-state index contributed by atoms with van der Waals surface area (Å²) in [6, 6.07) is 80.8. The second-order valence-corrected chi connectivity index (χ2v) is 18.2. The molecule has 12 rings (SSSR count). The van der Waals surface area contributed by atoms with E-state index in [-0.39, 0.29) is 0 Å². The van der Waals surface area contributed by atoms with Crippen LogP contribution >= 0.6 is 0 Å². The van der Waals surface area contributed by atoms with Crippen LogP contribution < -0.4 is 0 Å². The Balaban J connectivity index is 1.24. The van der Waals surface area contributed by atoms with E-state index < -0.39 is 0 Å². The molecule has 0 aliphatic heterocycles. The van der Waals surface area contributed by atoms with Gasteiger partial charge in [0.15, 0.2) is 11.6 Å². The van der Waals surface area contributed by atoms with E-state index in [9.17, 15) is 26.3 Å². The summed E-state index contributed by atoms with van der Waals surface area (Å²) in [5, 5.41) is 53.1. The molecule has 354 valence electrons. The predicted molar refractivity (Wildman–Crippen MR) is 299 cm³/mol. The van der Waals surface area contributed by atoms with Gasteiger partial charge in [-0.15, -0.1) is 0 Å². The summed E-state index contributed by atoms with van der Waals surface area (Å²) in [6.07, 6.45) is 0. The van der Waals surface area contributed by atoms with Gasteiger partial charge in [0, 0.05) is 44.2 Å². The molecule has 10 nitrogen and oxygen atoms in total. The zero-order chi connectivity index (χ0) is 52.4. The summed E-state index contributed by atoms with van der Waals surface area (Å²) in [6.45, 7) is 0. The van der Waals surface area contributed by atoms with Crippen LogP contribution in [-0.2, 0) is 0 Å². The molecule has 0 N–H and O–H groups in total. The maximum Gasteiger partial charge on any atom is 0.160 e. The van der Waals surface area contributed by atoms with Crippen molar-refractivity contribution in [2.75, 3.05) is 0 Å². The van der Waals surface area contributed by atoms with E-state index in [2.05, 4.69) is 34.9 Å². The Hall–Kier alpha value is -11.6. The minimum atomic E-state index is 0.347. The number of benzene rings is 9. The highest BCUT2D eigenvalue weighted by Gasteiger charge is 2.26. The highest BCUT2D eigenvalue weighted by Crippen LogP contribution is 2.45. The van der Waals surface area contributed by atoms with Gasteiger partial charge in [0.25, 0.3) is 0 Å². The quantitative estimate of drug-likeness (QED) is 0.136. The Kier molecular flexibility index (Phi) is 11.9. The van der Waals surface area contributed by atoms with E-state index in [1.54, 1.807) is 36.4 Å². The van der Waals surface area contributed by atoms with Crippen LogP contribution in [-0.4, -0.2) is 24.5 Å². The molecule has 0 bridgehead atoms. The standard InChI is InChI=1S/C67H36N10/c68-37-42-21-25-53(51(29-42)40-71)49-23-27-63-55(33-49)56-34-50(54-26-22-43(38-69)30-52(54)41-72)24-28-64(56)77(63)65-57(61-35-59(45-13-5-1-6-14-45)73-66(75-61)47-17-9-3-10-18-47)31-44(39-70)32-58(65)62-36-60(46-15-7-2-8-16-46)74-67(76-62)48-19-11-4-12-20-48/h1-36H. The molecule has 9 aromatic carbocycles. The minimum absolute atomic E-state index is 0.347. The van der Waals surface area contributed by atoms with Crippen LogP contribution in [0.25, 0.3) is 118 Å². The Labute approximate surface area is 442 Å². The summed E-state index contributed by atoms with van der Waals surface area (Å²) < 4.78 is 2.18. The minimum Gasteiger partial charge on any atom is -0.308 e. The van der Waals surface area contributed by atoms with Crippen LogP contribution in [0.5, 0.6) is 0 Å². The number of nitrogens with zero attached hydrogens (tertiary/aromatic N) is 10. The third-order valence-corrected chi connectivity index (χ3v) is 13.6. The lowest BCUT2D eigenvalue weighted by molar-refractivity contribution is 1.14. The van der Waals surface area contributed by atoms with E-state index in [0.717, 1.165) is 55.2 Å². The molecule has 0 spiro atoms. The molecule has 0 saturated carbocycles. The highest BCUT2D eigenvalue weighted by atomic mass is 15.0. The summed E-state index contributed by atoms with van der Waals surface area (Å²) in [7, 11) is 0. The molecule has 3 aromatic heterocycles. The zero-order valence-corrected chi connectivity index (χ0v) is 40.8. The van der Waals surface area contributed by atoms with Crippen molar-refractivity contribution < 1.29 is 0 Å². The predicted octanol–water partition coefficient (Wildman–Crippen LogP) is 15.1. The number of rotatable bonds is 9. The SMILES string of the molecule is N#Cc1ccc(-c2ccc3c(c2)c2cc(-c4ccc(C#N)cc4C#N)ccc2n3-c2c(-c3cc(-c4ccccc4)nc(-c4ccccc4)n3)cc(C#N)cc2-c2cc(-c3ccccc3)nc(-c3ccccc3)n2)c(C#N)c1. The van der Waals surface area contributed by atoms with Gasteiger partial charge in [-0.3, -0.25) is 0 Å². The molecule has 0 saturated heterocycles. The largest absolute Gasteiger partial charge is 0.308 e. The summed E-state index contributed by atoms with van der Waals surface area (Å²) >= 11 is 0. The summed E-state index contributed by atoms with van der Waals surface area (Å²) in [5.41, 5.74) is 13.8. The first-order valence-corrected chi connectivity index (χ1v) is 24.5. The maximum atomic E-state index is 11.1. The smallest absolute Gasteiger partial charge is 0.160 e. The number of hydrogen-bond donors (Lipinski definition) is 0. The highest BCUT2D eigenvalue weighted by molar-refractivity contribution is 6.13. The van der Waals surface area contributed by atoms with Crippen LogP contribution in [0, 0.1) is 56.7 Å². The van der Waals surface area contributed by atoms with Crippen molar-refractivity contribution in [3.05, 3.63) is 246 Å². The second-order valence-electron chi connectivity index (χ2n) is 18.2. The van der Waals surface area contributed by atoms with Gasteiger partial charge in [0.1, 0.15) is 0 Å². The topological polar surface area (TPSA) is 175 Å². The van der Waals surface area contributed by atoms with Crippen LogP contribution in [0.3, 0.4) is 0 Å². The summed E-state index contributed by atoms with van der Waals surface area (Å²) in [4.78, 5) is 21.0. The first-order chi connectivity index (χ1) is 37.9. The molecule has 0 aliphatic carbocycles. The maximum absolute atomic E-state index is 11.1. The Morgan fingerprint density at radius 2 is 0.662 bits per heavy atom. The third-order valence-electron chi connectivity index (χ3n) is 13.6. The molecule has 77 heavy (non-hydrogen) atoms. The van der Waals surface area contributed by atoms with E-state index in [0.29, 0.717) is 90.2 Å². The Morgan fingerprint density at radius 3 is 1.04 bits per heavy atom. The van der Waals surface area contributed by atoms with Crippen LogP contribution in [0.1, 0.15) is 27.8 Å². The molecule has 0 unspecified atom stereocenters. The fraction of sp³-hybridized carbons (Fsp3) is 0. The molecule has 10 heteroatoms. The van der Waals surface area contributed by atoms with Crippen molar-refractivity contribution in [2.24, 2.45) is 0 Å². The molecular formula is C67H36N10. The average molecular weight is 981 g/mol. The fourth-order valence-corrected chi connectivity index (χ4v) is 9.96. The van der Waals surface area contributed by atoms with Gasteiger partial charge in [-0.05, 0) is 95.1 Å². The van der Waals surface area contributed by atoms with Gasteiger partial charge in [0.2, 0.25) is 0 Å². The van der Waals surface area contributed by atoms with Crippen molar-refractivity contribution >= 4 is 21.8 Å². The monoisotopic (exact) mass is 980 g/mol. The van der Waals surface area contributed by atoms with Crippen molar-refractivity contribution in [3.8, 4) is 126 Å². The number of aromatic nitrogens is 5. The van der Waals surface area contributed by atoms with Gasteiger partial charge in [-0.25, -0.2) is 19.9 Å². The number of nitriles is 5. The second kappa shape index (κ2) is 19.8. The average Bonchev–Trinajstić information content (AvgIpc) is 3.83. The van der Waals surface area contributed by atoms with E-state index in [1.807, 2.05) is 182 Å². The van der Waals surface area contributed by atoms with Gasteiger partial charge in [0.05, 0.1) is 97.7 Å². The van der Waals surface area contributed by atoms with Crippen LogP contribution in [0.15, 0.2) is 218 Å². The lowest BCUT2D eigenvalue weighted by Crippen LogP contribution is -2.05. The van der Waals surface area contributed by atoms with Crippen molar-refractivity contribution in [3.63, 3.8) is 0 Å². The molecule has 0 radical (unpaired) electrons. The molecule has 0 fully saturated rings. The van der Waals surface area contributed by atoms with E-state index in [1.165, 1.54) is 0 Å². The zero-order valence-electron chi connectivity index (χ0n) is 40.8. The summed E-state index contributed by atoms with van der Waals surface area (Å²) in [5.74, 6) is 0.971. The molecule has 12 aromatic rings. The van der Waals surface area contributed by atoms with Crippen molar-refractivity contribution in [1.29, 1.82) is 26.3 Å². The lowest BCUT2D eigenvalue weighted by Gasteiger charge is -2.20. The Bertz CT molecular complexity index is 4160. The lowest BCUT2D eigenvalue weighted by atomic mass is 9.95. The van der Waals surface area contributed by atoms with Gasteiger partial charge in [-0.2, -0.15) is 26.3 Å². The van der Waals surface area contributed by atoms with Crippen molar-refractivity contribution in [1.82, 2.24) is 24.5 Å². The molecule has 0 amide bonds. The fourth-order valence-electron chi connectivity index (χ4n) is 9.96. The molecule has 3 heterocycles. The van der Waals surface area contributed by atoms with E-state index >= 15 is 0 Å². The van der Waals surface area contributed by atoms with Gasteiger partial charge >= 0.3 is 0 Å². The Morgan fingerprint density at radius 1 is 0.286 bits per heavy atom. The van der Waals surface area contributed by atoms with Crippen molar-refractivity contribution in [2.45, 2.75) is 0 Å². The number of hydrogen-bond acceptors (Lipinski definition) is 9. The number of fused-ring (bicyclic) bond motifs is 3. The third kappa shape index (κ3) is 8.63. The van der Waals surface area contributed by atoms with Crippen LogP contribution in [0.2, 0.25) is 0 Å². The van der Waals surface area contributed by atoms with Gasteiger partial charge in [-0.1, -0.05) is 146 Å².